The van der Waals surface area contributed by atoms with Crippen LogP contribution in [0.3, 0.4) is 0 Å². The van der Waals surface area contributed by atoms with Crippen molar-refractivity contribution in [1.29, 1.82) is 0 Å². The summed E-state index contributed by atoms with van der Waals surface area (Å²) < 4.78 is 5.20. The summed E-state index contributed by atoms with van der Waals surface area (Å²) in [7, 11) is 0. The average Bonchev–Trinajstić information content (AvgIpc) is 2.93. The van der Waals surface area contributed by atoms with Crippen LogP contribution in [-0.4, -0.2) is 22.4 Å². The molecule has 0 spiro atoms. The van der Waals surface area contributed by atoms with Crippen LogP contribution in [0.4, 0.5) is 10.5 Å². The minimum absolute atomic E-state index is 0.463. The van der Waals surface area contributed by atoms with Crippen molar-refractivity contribution in [2.24, 2.45) is 0 Å². The quantitative estimate of drug-likeness (QED) is 0.881. The second kappa shape index (κ2) is 4.85. The van der Waals surface area contributed by atoms with Crippen LogP contribution < -0.4 is 5.32 Å². The molecule has 1 aliphatic carbocycles. The van der Waals surface area contributed by atoms with Crippen LogP contribution in [0, 0.1) is 0 Å². The molecule has 1 amide bonds. The number of carbonyl (C=O) groups excluding carboxylic acids is 1. The largest absolute Gasteiger partial charge is 0.444 e. The number of anilines is 1. The average molecular weight is 263 g/mol. The number of nitrogens with one attached hydrogen (secondary N) is 1. The standard InChI is InChI=1S/C15H21NO3/c1-14(2,3)19-13(17)16-12-6-4-5-11(9-12)10-15(18)7-8-15/h4-6,9,18H,7-8,10H2,1-3H3,(H,16,17). The van der Waals surface area contributed by atoms with Crippen molar-refractivity contribution >= 4 is 11.8 Å². The van der Waals surface area contributed by atoms with Gasteiger partial charge in [-0.1, -0.05) is 12.1 Å². The molecular weight excluding hydrogens is 242 g/mol. The van der Waals surface area contributed by atoms with Gasteiger partial charge in [0.1, 0.15) is 5.60 Å². The molecule has 0 aliphatic heterocycles. The Hall–Kier alpha value is -1.55. The van der Waals surface area contributed by atoms with Crippen molar-refractivity contribution in [1.82, 2.24) is 0 Å². The number of carbonyl (C=O) groups is 1. The van der Waals surface area contributed by atoms with E-state index in [4.69, 9.17) is 4.74 Å². The molecule has 2 N–H and O–H groups in total. The summed E-state index contributed by atoms with van der Waals surface area (Å²) in [5.41, 5.74) is 0.680. The monoisotopic (exact) mass is 263 g/mol. The Morgan fingerprint density at radius 3 is 2.68 bits per heavy atom. The van der Waals surface area contributed by atoms with Crippen molar-refractivity contribution < 1.29 is 14.6 Å². The van der Waals surface area contributed by atoms with Gasteiger partial charge in [-0.05, 0) is 51.3 Å². The second-order valence-electron chi connectivity index (χ2n) is 6.23. The Bertz CT molecular complexity index is 473. The van der Waals surface area contributed by atoms with Gasteiger partial charge in [0.15, 0.2) is 0 Å². The highest BCUT2D eigenvalue weighted by atomic mass is 16.6. The van der Waals surface area contributed by atoms with E-state index in [0.29, 0.717) is 12.1 Å². The predicted molar refractivity (Wildman–Crippen MR) is 74.2 cm³/mol. The summed E-state index contributed by atoms with van der Waals surface area (Å²) >= 11 is 0. The van der Waals surface area contributed by atoms with Gasteiger partial charge < -0.3 is 9.84 Å². The molecule has 4 nitrogen and oxygen atoms in total. The van der Waals surface area contributed by atoms with Crippen LogP contribution in [0.1, 0.15) is 39.2 Å². The van der Waals surface area contributed by atoms with Crippen LogP contribution in [0.25, 0.3) is 0 Å². The number of benzene rings is 1. The molecule has 1 aliphatic rings. The first kappa shape index (κ1) is 13.9. The van der Waals surface area contributed by atoms with Gasteiger partial charge in [-0.15, -0.1) is 0 Å². The molecule has 0 radical (unpaired) electrons. The highest BCUT2D eigenvalue weighted by molar-refractivity contribution is 5.84. The van der Waals surface area contributed by atoms with E-state index in [0.717, 1.165) is 18.4 Å². The first-order chi connectivity index (χ1) is 8.76. The Balaban J connectivity index is 1.97. The van der Waals surface area contributed by atoms with E-state index >= 15 is 0 Å². The summed E-state index contributed by atoms with van der Waals surface area (Å²) in [6.45, 7) is 5.48. The molecule has 0 heterocycles. The smallest absolute Gasteiger partial charge is 0.412 e. The summed E-state index contributed by atoms with van der Waals surface area (Å²) in [6, 6.07) is 7.51. The van der Waals surface area contributed by atoms with Gasteiger partial charge in [0.2, 0.25) is 0 Å². The lowest BCUT2D eigenvalue weighted by Crippen LogP contribution is -2.27. The zero-order valence-electron chi connectivity index (χ0n) is 11.7. The lowest BCUT2D eigenvalue weighted by Gasteiger charge is -2.19. The highest BCUT2D eigenvalue weighted by Gasteiger charge is 2.40. The van der Waals surface area contributed by atoms with Gasteiger partial charge >= 0.3 is 6.09 Å². The van der Waals surface area contributed by atoms with Gasteiger partial charge in [0.05, 0.1) is 5.60 Å². The summed E-state index contributed by atoms with van der Waals surface area (Å²) in [5.74, 6) is 0. The number of hydrogen-bond acceptors (Lipinski definition) is 3. The maximum Gasteiger partial charge on any atom is 0.412 e. The molecule has 1 aromatic rings. The van der Waals surface area contributed by atoms with Crippen molar-refractivity contribution in [3.05, 3.63) is 29.8 Å². The predicted octanol–water partition coefficient (Wildman–Crippen LogP) is 3.10. The van der Waals surface area contributed by atoms with Crippen LogP contribution in [-0.2, 0) is 11.2 Å². The maximum absolute atomic E-state index is 11.7. The molecule has 2 rings (SSSR count). The molecule has 104 valence electrons. The lowest BCUT2D eigenvalue weighted by molar-refractivity contribution is 0.0636. The molecular formula is C15H21NO3. The van der Waals surface area contributed by atoms with E-state index < -0.39 is 17.3 Å². The molecule has 1 saturated carbocycles. The van der Waals surface area contributed by atoms with E-state index in [-0.39, 0.29) is 0 Å². The molecule has 0 saturated heterocycles. The Kier molecular flexibility index (Phi) is 3.54. The molecule has 19 heavy (non-hydrogen) atoms. The first-order valence-corrected chi connectivity index (χ1v) is 6.57. The minimum Gasteiger partial charge on any atom is -0.444 e. The fourth-order valence-electron chi connectivity index (χ4n) is 1.88. The molecule has 1 aromatic carbocycles. The van der Waals surface area contributed by atoms with E-state index in [1.807, 2.05) is 45.0 Å². The van der Waals surface area contributed by atoms with E-state index in [9.17, 15) is 9.90 Å². The SMILES string of the molecule is CC(C)(C)OC(=O)Nc1cccc(CC2(O)CC2)c1. The molecule has 4 heteroatoms. The fraction of sp³-hybridized carbons (Fsp3) is 0.533. The third-order valence-corrected chi connectivity index (χ3v) is 2.93. The minimum atomic E-state index is -0.523. The normalized spacial score (nSPS) is 16.8. The second-order valence-corrected chi connectivity index (χ2v) is 6.23. The maximum atomic E-state index is 11.7. The molecule has 0 unspecified atom stereocenters. The summed E-state index contributed by atoms with van der Waals surface area (Å²) in [4.78, 5) is 11.7. The van der Waals surface area contributed by atoms with Gasteiger partial charge in [0.25, 0.3) is 0 Å². The van der Waals surface area contributed by atoms with E-state index in [2.05, 4.69) is 5.32 Å². The van der Waals surface area contributed by atoms with Gasteiger partial charge in [0, 0.05) is 12.1 Å². The zero-order valence-corrected chi connectivity index (χ0v) is 11.7. The number of hydrogen-bond donors (Lipinski definition) is 2. The fourth-order valence-corrected chi connectivity index (χ4v) is 1.88. The van der Waals surface area contributed by atoms with E-state index in [1.165, 1.54) is 0 Å². The van der Waals surface area contributed by atoms with E-state index in [1.54, 1.807) is 0 Å². The third kappa shape index (κ3) is 4.56. The lowest BCUT2D eigenvalue weighted by atomic mass is 10.1. The number of aliphatic hydroxyl groups is 1. The van der Waals surface area contributed by atoms with Gasteiger partial charge in [-0.25, -0.2) is 4.79 Å². The molecule has 0 bridgehead atoms. The van der Waals surface area contributed by atoms with Gasteiger partial charge in [-0.3, -0.25) is 5.32 Å². The third-order valence-electron chi connectivity index (χ3n) is 2.93. The van der Waals surface area contributed by atoms with Crippen LogP contribution in [0.2, 0.25) is 0 Å². The van der Waals surface area contributed by atoms with Crippen molar-refractivity contribution in [2.45, 2.75) is 51.2 Å². The number of amides is 1. The first-order valence-electron chi connectivity index (χ1n) is 6.57. The van der Waals surface area contributed by atoms with Crippen molar-refractivity contribution in [3.63, 3.8) is 0 Å². The van der Waals surface area contributed by atoms with Crippen LogP contribution >= 0.6 is 0 Å². The number of ether oxygens (including phenoxy) is 1. The zero-order chi connectivity index (χ0) is 14.1. The molecule has 0 atom stereocenters. The Labute approximate surface area is 113 Å². The van der Waals surface area contributed by atoms with Gasteiger partial charge in [-0.2, -0.15) is 0 Å². The summed E-state index contributed by atoms with van der Waals surface area (Å²) in [6.07, 6.45) is 1.89. The van der Waals surface area contributed by atoms with Crippen LogP contribution in [0.15, 0.2) is 24.3 Å². The number of rotatable bonds is 3. The van der Waals surface area contributed by atoms with Crippen molar-refractivity contribution in [3.8, 4) is 0 Å². The van der Waals surface area contributed by atoms with Crippen LogP contribution in [0.5, 0.6) is 0 Å². The van der Waals surface area contributed by atoms with Crippen molar-refractivity contribution in [2.75, 3.05) is 5.32 Å². The highest BCUT2D eigenvalue weighted by Crippen LogP contribution is 2.38. The molecule has 0 aromatic heterocycles. The topological polar surface area (TPSA) is 58.6 Å². The summed E-state index contributed by atoms with van der Waals surface area (Å²) in [5, 5.41) is 12.6. The molecule has 1 fully saturated rings. The Morgan fingerprint density at radius 1 is 1.42 bits per heavy atom. The Morgan fingerprint density at radius 2 is 2.11 bits per heavy atom.